The zero-order valence-electron chi connectivity index (χ0n) is 76.0. The predicted molar refractivity (Wildman–Crippen MR) is 524 cm³/mol. The van der Waals surface area contributed by atoms with Crippen LogP contribution in [0.15, 0.2) is 170 Å². The van der Waals surface area contributed by atoms with Gasteiger partial charge in [0, 0.05) is 105 Å². The summed E-state index contributed by atoms with van der Waals surface area (Å²) in [6.07, 6.45) is 4.61. The Kier molecular flexibility index (Phi) is 35.3. The highest BCUT2D eigenvalue weighted by atomic mass is 35.5. The van der Waals surface area contributed by atoms with E-state index in [1.54, 1.807) is 25.7 Å². The molecule has 0 saturated carbocycles. The molecule has 4 N–H and O–H groups in total. The normalized spacial score (nSPS) is 19.8. The monoisotopic (exact) mass is 1900 g/mol. The maximum absolute atomic E-state index is 13.8. The topological polar surface area (TPSA) is 200 Å². The molecule has 6 heterocycles. The van der Waals surface area contributed by atoms with Gasteiger partial charge in [-0.15, -0.1) is 0 Å². The lowest BCUT2D eigenvalue weighted by molar-refractivity contribution is -0.139. The number of halogens is 8. The van der Waals surface area contributed by atoms with Gasteiger partial charge in [0.05, 0.1) is 79.1 Å². The molecule has 14 rings (SSSR count). The van der Waals surface area contributed by atoms with Crippen LogP contribution in [0.4, 0.5) is 32.3 Å². The molecular weight excluding hydrogens is 1780 g/mol. The van der Waals surface area contributed by atoms with Crippen LogP contribution < -0.4 is 36.0 Å². The second kappa shape index (κ2) is 45.2. The minimum Gasteiger partial charge on any atom is -0.444 e. The summed E-state index contributed by atoms with van der Waals surface area (Å²) < 4.78 is 11.0. The van der Waals surface area contributed by atoms with Crippen LogP contribution >= 0.6 is 92.8 Å². The van der Waals surface area contributed by atoms with Gasteiger partial charge < -0.3 is 65.0 Å². The molecular formula is C100H124Cl8N12O8. The first kappa shape index (κ1) is 100. The first-order chi connectivity index (χ1) is 60.7. The summed E-state index contributed by atoms with van der Waals surface area (Å²) >= 11 is 51.0. The van der Waals surface area contributed by atoms with Gasteiger partial charge in [0.1, 0.15) is 23.3 Å². The molecule has 6 fully saturated rings. The SMILES string of the molecule is Cc1ccc(N2CCN(C(=O)C3CCCCN3)C[C@H]2c2ccc(Cl)cc2)c(Cl)c1.Cc1ccc(N2CCN(C(=O)C3CCCCN3C(=O)OC(C)(C)C)C[C@H]2c2ccc(Cl)cc2)c(Cl)c1.Cc1ccc(N2CCN(C(=O)[C@H](N)C(C)C)C[C@H]2c2ccc(Cl)cc2)c(Cl)c1.Cc1ccc(N2CCN(C(=O)[C@H](NC(=O)OC(C)(C)C)C(C)C)C[C@H]2c2ccc(Cl)cc2)c(Cl)c1. The maximum atomic E-state index is 13.8. The van der Waals surface area contributed by atoms with Crippen LogP contribution in [0.25, 0.3) is 0 Å². The fourth-order valence-electron chi connectivity index (χ4n) is 17.2. The molecule has 0 bridgehead atoms. The average Bonchev–Trinajstić information content (AvgIpc) is 0.786. The Balaban J connectivity index is 0.000000166. The molecule has 8 aromatic carbocycles. The molecule has 6 amide bonds. The van der Waals surface area contributed by atoms with Crippen molar-refractivity contribution in [2.45, 2.75) is 195 Å². The number of hydrogen-bond donors (Lipinski definition) is 3. The highest BCUT2D eigenvalue weighted by Gasteiger charge is 2.43. The summed E-state index contributed by atoms with van der Waals surface area (Å²) in [5.41, 5.74) is 17.5. The van der Waals surface area contributed by atoms with Crippen molar-refractivity contribution in [3.8, 4) is 0 Å². The minimum atomic E-state index is -0.690. The molecule has 20 nitrogen and oxygen atoms in total. The lowest BCUT2D eigenvalue weighted by Gasteiger charge is -2.45. The molecule has 0 aliphatic carbocycles. The number of rotatable bonds is 15. The highest BCUT2D eigenvalue weighted by molar-refractivity contribution is 6.35. The Morgan fingerprint density at radius 3 is 1.04 bits per heavy atom. The molecule has 0 spiro atoms. The highest BCUT2D eigenvalue weighted by Crippen LogP contribution is 2.43. The van der Waals surface area contributed by atoms with E-state index in [4.69, 9.17) is 108 Å². The van der Waals surface area contributed by atoms with Crippen molar-refractivity contribution in [2.24, 2.45) is 17.6 Å². The summed E-state index contributed by atoms with van der Waals surface area (Å²) in [7, 11) is 0. The van der Waals surface area contributed by atoms with Crippen LogP contribution in [0.2, 0.25) is 40.2 Å². The Morgan fingerprint density at radius 1 is 0.391 bits per heavy atom. The first-order valence-electron chi connectivity index (χ1n) is 44.5. The van der Waals surface area contributed by atoms with Crippen LogP contribution in [0.5, 0.6) is 0 Å². The first-order valence-corrected chi connectivity index (χ1v) is 47.5. The van der Waals surface area contributed by atoms with Crippen molar-refractivity contribution in [1.82, 2.24) is 35.1 Å². The minimum absolute atomic E-state index is 0.00335. The van der Waals surface area contributed by atoms with Gasteiger partial charge >= 0.3 is 12.2 Å². The van der Waals surface area contributed by atoms with Crippen LogP contribution in [-0.2, 0) is 28.7 Å². The Hall–Kier alpha value is -8.38. The van der Waals surface area contributed by atoms with Gasteiger partial charge in [0.2, 0.25) is 23.6 Å². The van der Waals surface area contributed by atoms with Crippen LogP contribution in [0.3, 0.4) is 0 Å². The molecule has 28 heteroatoms. The number of nitrogens with one attached hydrogen (secondary N) is 2. The number of ether oxygens (including phenoxy) is 2. The van der Waals surface area contributed by atoms with Gasteiger partial charge in [-0.1, -0.05) is 200 Å². The number of likely N-dealkylation sites (tertiary alicyclic amines) is 1. The van der Waals surface area contributed by atoms with E-state index in [1.165, 1.54) is 0 Å². The Morgan fingerprint density at radius 2 is 0.719 bits per heavy atom. The predicted octanol–water partition coefficient (Wildman–Crippen LogP) is 22.2. The Labute approximate surface area is 797 Å². The van der Waals surface area contributed by atoms with Gasteiger partial charge in [-0.05, 0) is 261 Å². The number of hydrogen-bond acceptors (Lipinski definition) is 14. The number of piperidine rings is 2. The fraction of sp³-hybridized carbons (Fsp3) is 0.460. The second-order valence-corrected chi connectivity index (χ2v) is 40.2. The average molecular weight is 1910 g/mol. The maximum Gasteiger partial charge on any atom is 0.410 e. The van der Waals surface area contributed by atoms with E-state index in [2.05, 4.69) is 72.7 Å². The van der Waals surface area contributed by atoms with E-state index in [9.17, 15) is 28.8 Å². The summed E-state index contributed by atoms with van der Waals surface area (Å²) in [4.78, 5) is 97.1. The van der Waals surface area contributed by atoms with Crippen molar-refractivity contribution in [1.29, 1.82) is 0 Å². The van der Waals surface area contributed by atoms with Crippen LogP contribution in [-0.4, -0.2) is 187 Å². The molecule has 6 aliphatic rings. The second-order valence-electron chi connectivity index (χ2n) is 36.8. The molecule has 8 atom stereocenters. The lowest BCUT2D eigenvalue weighted by atomic mass is 9.98. The van der Waals surface area contributed by atoms with E-state index in [0.29, 0.717) is 115 Å². The van der Waals surface area contributed by atoms with Gasteiger partial charge in [-0.2, -0.15) is 0 Å². The van der Waals surface area contributed by atoms with E-state index in [-0.39, 0.29) is 65.7 Å². The number of carbonyl (C=O) groups excluding carboxylic acids is 6. The summed E-state index contributed by atoms with van der Waals surface area (Å²) in [5, 5.41) is 11.7. The fourth-order valence-corrected chi connectivity index (χ4v) is 19.1. The van der Waals surface area contributed by atoms with Crippen molar-refractivity contribution in [3.05, 3.63) is 255 Å². The smallest absolute Gasteiger partial charge is 0.410 e. The zero-order chi connectivity index (χ0) is 92.8. The van der Waals surface area contributed by atoms with Crippen molar-refractivity contribution < 1.29 is 38.2 Å². The van der Waals surface area contributed by atoms with Crippen LogP contribution in [0.1, 0.15) is 176 Å². The van der Waals surface area contributed by atoms with Gasteiger partial charge in [0.15, 0.2) is 0 Å². The van der Waals surface area contributed by atoms with Crippen molar-refractivity contribution >= 4 is 151 Å². The molecule has 688 valence electrons. The number of amides is 6. The molecule has 6 aliphatic heterocycles. The van der Waals surface area contributed by atoms with Crippen molar-refractivity contribution in [2.75, 3.05) is 111 Å². The largest absolute Gasteiger partial charge is 0.444 e. The number of anilines is 4. The van der Waals surface area contributed by atoms with Gasteiger partial charge in [-0.3, -0.25) is 24.1 Å². The summed E-state index contributed by atoms with van der Waals surface area (Å²) in [6.45, 7) is 35.4. The van der Waals surface area contributed by atoms with Crippen LogP contribution in [0, 0.1) is 39.5 Å². The third kappa shape index (κ3) is 26.7. The number of piperazine rings is 4. The van der Waals surface area contributed by atoms with Crippen molar-refractivity contribution in [3.63, 3.8) is 0 Å². The van der Waals surface area contributed by atoms with Gasteiger partial charge in [0.25, 0.3) is 0 Å². The zero-order valence-corrected chi connectivity index (χ0v) is 82.0. The molecule has 2 unspecified atom stereocenters. The standard InChI is InChI=1S/C28H35Cl2N3O3.C27H35Cl2N3O3.C23H27Cl2N3O.C22H27Cl2N3O/c1-19-8-13-23(22(30)17-19)32-16-15-31(18-25(32)20-9-11-21(29)12-10-20)26(34)24-7-5-6-14-33(24)27(35)36-28(2,3)4;1-17(2)24(30-26(34)35-27(4,5)6)25(33)31-13-14-32(22-12-7-18(3)15-21(22)29)23(16-31)19-8-10-20(28)11-9-19;1-16-5-10-21(19(25)14-16)28-13-12-27(23(29)20-4-2-3-11-26-20)15-22(28)17-6-8-18(24)9-7-17;1-14(2)21(25)22(28)26-10-11-27(19-9-4-15(3)12-18(19)24)20(13-26)16-5-7-17(23)8-6-16/h8-13,17,24-25H,5-7,14-16,18H2,1-4H3;7-12,15,17,23-24H,13-14,16H2,1-6H3,(H,30,34);5-10,14,20,22,26H,2-4,11-13,15H2,1H3;4-9,12,14,20-21H,10-11,13,25H2,1-3H3/t24?,25-;23-,24+;20?,22-;20-,21+/m0000/s1. The number of carbonyl (C=O) groups is 6. The quantitative estimate of drug-likeness (QED) is 0.0875. The number of alkyl carbamates (subject to hydrolysis) is 1. The lowest BCUT2D eigenvalue weighted by Crippen LogP contribution is -2.58. The number of aryl methyl sites for hydroxylation is 4. The third-order valence-corrected chi connectivity index (χ3v) is 26.3. The van der Waals surface area contributed by atoms with E-state index < -0.39 is 41.5 Å². The van der Waals surface area contributed by atoms with E-state index in [1.807, 2.05) is 223 Å². The number of nitrogens with zero attached hydrogens (tertiary/aromatic N) is 9. The Bertz CT molecular complexity index is 5110. The molecule has 0 radical (unpaired) electrons. The molecule has 128 heavy (non-hydrogen) atoms. The molecule has 0 aromatic heterocycles. The molecule has 8 aromatic rings. The van der Waals surface area contributed by atoms with Gasteiger partial charge in [-0.25, -0.2) is 9.59 Å². The van der Waals surface area contributed by atoms with E-state index in [0.717, 1.165) is 122 Å². The summed E-state index contributed by atoms with van der Waals surface area (Å²) in [5.74, 6) is 0.0789. The summed E-state index contributed by atoms with van der Waals surface area (Å²) in [6, 6.07) is 53.5. The van der Waals surface area contributed by atoms with E-state index >= 15 is 0 Å². The third-order valence-electron chi connectivity index (χ3n) is 24.1. The number of nitrogens with two attached hydrogens (primary N) is 1. The number of benzene rings is 8. The molecule has 6 saturated heterocycles.